The van der Waals surface area contributed by atoms with Crippen LogP contribution in [0.15, 0.2) is 72.8 Å². The van der Waals surface area contributed by atoms with E-state index in [1.807, 2.05) is 12.1 Å². The van der Waals surface area contributed by atoms with Crippen molar-refractivity contribution in [1.29, 1.82) is 0 Å². The van der Waals surface area contributed by atoms with Gasteiger partial charge in [0.15, 0.2) is 0 Å². The van der Waals surface area contributed by atoms with Gasteiger partial charge < -0.3 is 4.74 Å². The molecule has 28 heavy (non-hydrogen) atoms. The first-order chi connectivity index (χ1) is 13.7. The van der Waals surface area contributed by atoms with Gasteiger partial charge in [-0.3, -0.25) is 9.13 Å². The summed E-state index contributed by atoms with van der Waals surface area (Å²) in [5, 5.41) is 2.37. The molecule has 1 aromatic heterocycles. The molecule has 5 aromatic rings. The Morgan fingerprint density at radius 3 is 2.29 bits per heavy atom. The Hall–Kier alpha value is -3.59. The van der Waals surface area contributed by atoms with Crippen LogP contribution in [0.3, 0.4) is 0 Å². The Kier molecular flexibility index (Phi) is 3.01. The van der Waals surface area contributed by atoms with Crippen LogP contribution in [-0.4, -0.2) is 4.57 Å². The number of benzene rings is 4. The van der Waals surface area contributed by atoms with E-state index < -0.39 is 0 Å². The number of nitrogens with zero attached hydrogens (tertiary/aromatic N) is 2. The van der Waals surface area contributed by atoms with Crippen molar-refractivity contribution in [1.82, 2.24) is 4.57 Å². The van der Waals surface area contributed by atoms with Crippen LogP contribution in [-0.2, 0) is 0 Å². The van der Waals surface area contributed by atoms with Crippen LogP contribution in [0.1, 0.15) is 11.1 Å². The lowest BCUT2D eigenvalue weighted by atomic mass is 10.1. The quantitative estimate of drug-likeness (QED) is 0.276. The second kappa shape index (κ2) is 5.46. The second-order valence-corrected chi connectivity index (χ2v) is 7.40. The number of hydrogen-bond donors (Lipinski definition) is 0. The fourth-order valence-corrected chi connectivity index (χ4v) is 4.29. The number of aromatic nitrogens is 2. The van der Waals surface area contributed by atoms with Gasteiger partial charge >= 0.3 is 0 Å². The first-order valence-corrected chi connectivity index (χ1v) is 9.47. The van der Waals surface area contributed by atoms with Gasteiger partial charge in [0, 0.05) is 0 Å². The van der Waals surface area contributed by atoms with Crippen molar-refractivity contribution in [2.75, 3.05) is 0 Å². The highest BCUT2D eigenvalue weighted by atomic mass is 16.5. The topological polar surface area (TPSA) is 18.0 Å². The lowest BCUT2D eigenvalue weighted by Gasteiger charge is -2.20. The Morgan fingerprint density at radius 1 is 0.786 bits per heavy atom. The molecule has 3 heteroatoms. The molecule has 1 aliphatic rings. The molecule has 0 bridgehead atoms. The highest BCUT2D eigenvalue weighted by Gasteiger charge is 2.24. The number of aryl methyl sites for hydroxylation is 2. The molecule has 0 spiro atoms. The van der Waals surface area contributed by atoms with E-state index in [4.69, 9.17) is 4.74 Å². The summed E-state index contributed by atoms with van der Waals surface area (Å²) in [6.07, 6.45) is 3.60. The number of para-hydroxylation sites is 2. The van der Waals surface area contributed by atoms with Crippen molar-refractivity contribution in [3.8, 4) is 22.9 Å². The van der Waals surface area contributed by atoms with E-state index in [0.717, 1.165) is 28.2 Å². The monoisotopic (exact) mass is 362 g/mol. The van der Waals surface area contributed by atoms with Crippen LogP contribution in [0.25, 0.3) is 33.2 Å². The van der Waals surface area contributed by atoms with Crippen LogP contribution in [0.4, 0.5) is 0 Å². The lowest BCUT2D eigenvalue weighted by molar-refractivity contribution is -0.575. The van der Waals surface area contributed by atoms with Gasteiger partial charge in [0.1, 0.15) is 22.7 Å². The van der Waals surface area contributed by atoms with Crippen LogP contribution in [0, 0.1) is 20.2 Å². The largest absolute Gasteiger partial charge is 0.465 e. The molecule has 6 rings (SSSR count). The molecule has 0 atom stereocenters. The molecule has 4 aromatic carbocycles. The molecule has 1 aliphatic heterocycles. The highest BCUT2D eigenvalue weighted by molar-refractivity contribution is 5.89. The van der Waals surface area contributed by atoms with Crippen LogP contribution in [0.5, 0.6) is 11.5 Å². The fourth-order valence-electron chi connectivity index (χ4n) is 4.29. The molecular formula is C25H18N2O. The Morgan fingerprint density at radius 2 is 1.50 bits per heavy atom. The molecule has 0 amide bonds. The SMILES string of the molecule is Cc1cccc(C)c1-n1[c-][n+]2c3c(cccc31)Oc1cc3ccccc3cc1-2. The number of rotatable bonds is 1. The average molecular weight is 362 g/mol. The molecule has 0 fully saturated rings. The molecular weight excluding hydrogens is 344 g/mol. The highest BCUT2D eigenvalue weighted by Crippen LogP contribution is 2.39. The summed E-state index contributed by atoms with van der Waals surface area (Å²) < 4.78 is 10.6. The summed E-state index contributed by atoms with van der Waals surface area (Å²) in [5.41, 5.74) is 6.79. The molecule has 134 valence electrons. The van der Waals surface area contributed by atoms with Crippen molar-refractivity contribution in [3.05, 3.63) is 90.3 Å². The standard InChI is InChI=1S/C25H18N2O/c1-16-7-5-8-17(2)24(16)26-15-27-21-13-18-9-3-4-10-19(18)14-23(21)28-22-12-6-11-20(26)25(22)27/h3-14H,1-2H3. The summed E-state index contributed by atoms with van der Waals surface area (Å²) in [4.78, 5) is 0. The normalized spacial score (nSPS) is 12.2. The van der Waals surface area contributed by atoms with E-state index in [-0.39, 0.29) is 0 Å². The van der Waals surface area contributed by atoms with Gasteiger partial charge in [-0.15, -0.1) is 0 Å². The minimum atomic E-state index is 0.860. The van der Waals surface area contributed by atoms with Crippen molar-refractivity contribution >= 4 is 21.8 Å². The van der Waals surface area contributed by atoms with Crippen molar-refractivity contribution in [2.45, 2.75) is 13.8 Å². The summed E-state index contributed by atoms with van der Waals surface area (Å²) >= 11 is 0. The maximum atomic E-state index is 6.31. The van der Waals surface area contributed by atoms with Crippen molar-refractivity contribution in [3.63, 3.8) is 0 Å². The summed E-state index contributed by atoms with van der Waals surface area (Å²) in [7, 11) is 0. The van der Waals surface area contributed by atoms with Crippen LogP contribution >= 0.6 is 0 Å². The van der Waals surface area contributed by atoms with Crippen LogP contribution in [0.2, 0.25) is 0 Å². The molecule has 0 saturated carbocycles. The summed E-state index contributed by atoms with van der Waals surface area (Å²) in [6, 6.07) is 25.3. The van der Waals surface area contributed by atoms with Gasteiger partial charge in [-0.05, 0) is 53.9 Å². The first-order valence-electron chi connectivity index (χ1n) is 9.47. The zero-order valence-corrected chi connectivity index (χ0v) is 15.7. The van der Waals surface area contributed by atoms with E-state index in [1.165, 1.54) is 27.6 Å². The third-order valence-electron chi connectivity index (χ3n) is 5.59. The maximum Gasteiger partial charge on any atom is 0.270 e. The Balaban J connectivity index is 1.72. The van der Waals surface area contributed by atoms with Crippen molar-refractivity contribution in [2.24, 2.45) is 0 Å². The van der Waals surface area contributed by atoms with E-state index in [9.17, 15) is 0 Å². The van der Waals surface area contributed by atoms with E-state index in [0.29, 0.717) is 0 Å². The molecule has 0 radical (unpaired) electrons. The summed E-state index contributed by atoms with van der Waals surface area (Å²) in [6.45, 7) is 4.29. The number of ether oxygens (including phenoxy) is 1. The van der Waals surface area contributed by atoms with Gasteiger partial charge in [-0.25, -0.2) is 0 Å². The van der Waals surface area contributed by atoms with Gasteiger partial charge in [0.25, 0.3) is 6.33 Å². The van der Waals surface area contributed by atoms with Gasteiger partial charge in [-0.2, -0.15) is 0 Å². The minimum Gasteiger partial charge on any atom is -0.465 e. The Bertz CT molecular complexity index is 1390. The zero-order valence-electron chi connectivity index (χ0n) is 15.7. The predicted octanol–water partition coefficient (Wildman–Crippen LogP) is 5.58. The Labute approximate surface area is 163 Å². The average Bonchev–Trinajstić information content (AvgIpc) is 3.08. The molecule has 0 saturated heterocycles. The zero-order chi connectivity index (χ0) is 18.8. The van der Waals surface area contributed by atoms with Crippen molar-refractivity contribution < 1.29 is 9.30 Å². The smallest absolute Gasteiger partial charge is 0.270 e. The lowest BCUT2D eigenvalue weighted by Crippen LogP contribution is -2.32. The van der Waals surface area contributed by atoms with E-state index in [2.05, 4.69) is 90.0 Å². The minimum absolute atomic E-state index is 0.860. The van der Waals surface area contributed by atoms with Gasteiger partial charge in [0.05, 0.1) is 11.2 Å². The number of imidazole rings is 1. The second-order valence-electron chi connectivity index (χ2n) is 7.40. The van der Waals surface area contributed by atoms with Gasteiger partial charge in [0.2, 0.25) is 0 Å². The fraction of sp³-hybridized carbons (Fsp3) is 0.0800. The van der Waals surface area contributed by atoms with Gasteiger partial charge in [-0.1, -0.05) is 54.6 Å². The third kappa shape index (κ3) is 2.01. The molecule has 3 nitrogen and oxygen atoms in total. The van der Waals surface area contributed by atoms with E-state index in [1.54, 1.807) is 0 Å². The summed E-state index contributed by atoms with van der Waals surface area (Å²) in [5.74, 6) is 1.72. The molecule has 0 aliphatic carbocycles. The predicted molar refractivity (Wildman–Crippen MR) is 111 cm³/mol. The molecule has 0 N–H and O–H groups in total. The van der Waals surface area contributed by atoms with E-state index >= 15 is 0 Å². The number of hydrogen-bond acceptors (Lipinski definition) is 1. The first kappa shape index (κ1) is 15.5. The third-order valence-corrected chi connectivity index (χ3v) is 5.59. The van der Waals surface area contributed by atoms with Crippen LogP contribution < -0.4 is 9.30 Å². The molecule has 0 unspecified atom stereocenters. The molecule has 2 heterocycles. The maximum absolute atomic E-state index is 6.31. The number of fused-ring (bicyclic) bond motifs is 3.